The van der Waals surface area contributed by atoms with E-state index in [4.69, 9.17) is 5.11 Å². The topological polar surface area (TPSA) is 49.3 Å². The second-order valence-electron chi connectivity index (χ2n) is 5.52. The summed E-state index contributed by atoms with van der Waals surface area (Å²) in [5.74, 6) is -3.75. The Morgan fingerprint density at radius 1 is 1.47 bits per heavy atom. The Balaban J connectivity index is 2.52. The second kappa shape index (κ2) is 5.29. The lowest BCUT2D eigenvalue weighted by Crippen LogP contribution is -2.46. The Hall–Kier alpha value is -0.710. The summed E-state index contributed by atoms with van der Waals surface area (Å²) in [5.41, 5.74) is -0.128. The molecule has 1 aliphatic carbocycles. The Bertz CT molecular complexity index is 280. The van der Waals surface area contributed by atoms with E-state index in [1.807, 2.05) is 13.8 Å². The van der Waals surface area contributed by atoms with E-state index in [2.05, 4.69) is 5.32 Å². The van der Waals surface area contributed by atoms with Gasteiger partial charge in [0.15, 0.2) is 0 Å². The predicted octanol–water partition coefficient (Wildman–Crippen LogP) is 1.95. The van der Waals surface area contributed by atoms with Crippen LogP contribution in [-0.2, 0) is 4.79 Å². The third kappa shape index (κ3) is 3.91. The maximum absolute atomic E-state index is 12.8. The standard InChI is InChI=1S/C12H21F2NO2/c1-11(2)6-4-3-5-9(11)10(17)15-7-12(13,14)8-16/h9,16H,3-8H2,1-2H3,(H,15,17). The van der Waals surface area contributed by atoms with Crippen LogP contribution in [-0.4, -0.2) is 30.1 Å². The van der Waals surface area contributed by atoms with Crippen LogP contribution in [0.15, 0.2) is 0 Å². The minimum absolute atomic E-state index is 0.128. The van der Waals surface area contributed by atoms with E-state index in [9.17, 15) is 13.6 Å². The number of carbonyl (C=O) groups excluding carboxylic acids is 1. The number of aliphatic hydroxyl groups is 1. The van der Waals surface area contributed by atoms with Gasteiger partial charge in [-0.25, -0.2) is 8.78 Å². The molecular weight excluding hydrogens is 228 g/mol. The molecule has 0 bridgehead atoms. The summed E-state index contributed by atoms with van der Waals surface area (Å²) in [4.78, 5) is 11.9. The first-order valence-electron chi connectivity index (χ1n) is 6.05. The van der Waals surface area contributed by atoms with Crippen molar-refractivity contribution in [2.24, 2.45) is 11.3 Å². The molecule has 17 heavy (non-hydrogen) atoms. The van der Waals surface area contributed by atoms with Gasteiger partial charge in [0.25, 0.3) is 5.92 Å². The van der Waals surface area contributed by atoms with Crippen molar-refractivity contribution in [3.8, 4) is 0 Å². The Kier molecular flexibility index (Phi) is 4.47. The summed E-state index contributed by atoms with van der Waals surface area (Å²) in [6.07, 6.45) is 3.76. The molecule has 1 saturated carbocycles. The lowest BCUT2D eigenvalue weighted by atomic mass is 9.68. The van der Waals surface area contributed by atoms with Gasteiger partial charge in [-0.15, -0.1) is 0 Å². The molecule has 1 aliphatic rings. The van der Waals surface area contributed by atoms with Crippen molar-refractivity contribution >= 4 is 5.91 Å². The summed E-state index contributed by atoms with van der Waals surface area (Å²) >= 11 is 0. The number of hydrogen-bond donors (Lipinski definition) is 2. The third-order valence-electron chi connectivity index (χ3n) is 3.58. The minimum Gasteiger partial charge on any atom is -0.390 e. The summed E-state index contributed by atoms with van der Waals surface area (Å²) in [7, 11) is 0. The van der Waals surface area contributed by atoms with Crippen molar-refractivity contribution in [2.45, 2.75) is 45.5 Å². The lowest BCUT2D eigenvalue weighted by Gasteiger charge is -2.37. The zero-order valence-electron chi connectivity index (χ0n) is 10.4. The zero-order chi connectivity index (χ0) is 13.1. The van der Waals surface area contributed by atoms with Crippen LogP contribution in [0.1, 0.15) is 39.5 Å². The number of nitrogens with one attached hydrogen (secondary N) is 1. The van der Waals surface area contributed by atoms with Crippen LogP contribution in [0, 0.1) is 11.3 Å². The number of alkyl halides is 2. The minimum atomic E-state index is -3.23. The molecule has 1 fully saturated rings. The summed E-state index contributed by atoms with van der Waals surface area (Å²) < 4.78 is 25.6. The summed E-state index contributed by atoms with van der Waals surface area (Å²) in [6.45, 7) is 1.98. The van der Waals surface area contributed by atoms with Gasteiger partial charge in [-0.2, -0.15) is 0 Å². The molecule has 0 spiro atoms. The van der Waals surface area contributed by atoms with E-state index in [0.717, 1.165) is 25.7 Å². The zero-order valence-corrected chi connectivity index (χ0v) is 10.4. The largest absolute Gasteiger partial charge is 0.390 e. The molecule has 0 aromatic rings. The SMILES string of the molecule is CC1(C)CCCCC1C(=O)NCC(F)(F)CO. The van der Waals surface area contributed by atoms with Crippen molar-refractivity contribution in [3.63, 3.8) is 0 Å². The van der Waals surface area contributed by atoms with E-state index < -0.39 is 19.1 Å². The third-order valence-corrected chi connectivity index (χ3v) is 3.58. The first-order valence-corrected chi connectivity index (χ1v) is 6.05. The van der Waals surface area contributed by atoms with Crippen molar-refractivity contribution in [2.75, 3.05) is 13.2 Å². The molecule has 3 nitrogen and oxygen atoms in total. The van der Waals surface area contributed by atoms with Crippen molar-refractivity contribution in [3.05, 3.63) is 0 Å². The predicted molar refractivity (Wildman–Crippen MR) is 60.8 cm³/mol. The van der Waals surface area contributed by atoms with Crippen molar-refractivity contribution < 1.29 is 18.7 Å². The molecule has 0 saturated heterocycles. The average molecular weight is 249 g/mol. The highest BCUT2D eigenvalue weighted by Gasteiger charge is 2.38. The van der Waals surface area contributed by atoms with E-state index in [0.29, 0.717) is 0 Å². The van der Waals surface area contributed by atoms with E-state index in [1.165, 1.54) is 0 Å². The Labute approximate surface area is 101 Å². The van der Waals surface area contributed by atoms with E-state index in [1.54, 1.807) is 0 Å². The molecule has 5 heteroatoms. The van der Waals surface area contributed by atoms with Crippen LogP contribution in [0.25, 0.3) is 0 Å². The fraction of sp³-hybridized carbons (Fsp3) is 0.917. The van der Waals surface area contributed by atoms with Crippen molar-refractivity contribution in [1.82, 2.24) is 5.32 Å². The van der Waals surface area contributed by atoms with Gasteiger partial charge in [-0.1, -0.05) is 26.7 Å². The van der Waals surface area contributed by atoms with Crippen LogP contribution in [0.3, 0.4) is 0 Å². The number of carbonyl (C=O) groups is 1. The molecule has 0 aliphatic heterocycles. The van der Waals surface area contributed by atoms with Gasteiger partial charge in [-0.3, -0.25) is 4.79 Å². The van der Waals surface area contributed by atoms with Gasteiger partial charge >= 0.3 is 0 Å². The molecule has 1 atom stereocenters. The molecule has 2 N–H and O–H groups in total. The number of aliphatic hydroxyl groups excluding tert-OH is 1. The molecule has 1 unspecified atom stereocenters. The fourth-order valence-electron chi connectivity index (χ4n) is 2.38. The van der Waals surface area contributed by atoms with E-state index >= 15 is 0 Å². The second-order valence-corrected chi connectivity index (χ2v) is 5.52. The first-order chi connectivity index (χ1) is 7.78. The van der Waals surface area contributed by atoms with Crippen LogP contribution in [0.5, 0.6) is 0 Å². The van der Waals surface area contributed by atoms with Crippen LogP contribution >= 0.6 is 0 Å². The molecule has 0 heterocycles. The lowest BCUT2D eigenvalue weighted by molar-refractivity contribution is -0.133. The van der Waals surface area contributed by atoms with Crippen molar-refractivity contribution in [1.29, 1.82) is 0 Å². The fourth-order valence-corrected chi connectivity index (χ4v) is 2.38. The highest BCUT2D eigenvalue weighted by atomic mass is 19.3. The molecule has 1 rings (SSSR count). The van der Waals surface area contributed by atoms with Gasteiger partial charge in [0.1, 0.15) is 6.61 Å². The number of amides is 1. The molecule has 100 valence electrons. The number of hydrogen-bond acceptors (Lipinski definition) is 2. The van der Waals surface area contributed by atoms with Gasteiger partial charge in [0, 0.05) is 5.92 Å². The van der Waals surface area contributed by atoms with Gasteiger partial charge in [-0.05, 0) is 18.3 Å². The highest BCUT2D eigenvalue weighted by molar-refractivity contribution is 5.79. The number of rotatable bonds is 4. The quantitative estimate of drug-likeness (QED) is 0.800. The maximum Gasteiger partial charge on any atom is 0.287 e. The molecule has 0 aromatic heterocycles. The van der Waals surface area contributed by atoms with Gasteiger partial charge in [0.2, 0.25) is 5.91 Å². The molecule has 0 radical (unpaired) electrons. The maximum atomic E-state index is 12.8. The molecular formula is C12H21F2NO2. The normalized spacial score (nSPS) is 24.4. The molecule has 1 amide bonds. The van der Waals surface area contributed by atoms with Gasteiger partial charge in [0.05, 0.1) is 6.54 Å². The van der Waals surface area contributed by atoms with E-state index in [-0.39, 0.29) is 17.2 Å². The summed E-state index contributed by atoms with van der Waals surface area (Å²) in [5, 5.41) is 10.7. The van der Waals surface area contributed by atoms with Crippen LogP contribution in [0.4, 0.5) is 8.78 Å². The Morgan fingerprint density at radius 2 is 2.12 bits per heavy atom. The highest BCUT2D eigenvalue weighted by Crippen LogP contribution is 2.40. The number of halogens is 2. The first kappa shape index (κ1) is 14.4. The summed E-state index contributed by atoms with van der Waals surface area (Å²) in [6, 6.07) is 0. The molecule has 0 aromatic carbocycles. The smallest absolute Gasteiger partial charge is 0.287 e. The van der Waals surface area contributed by atoms with Crippen LogP contribution < -0.4 is 5.32 Å². The Morgan fingerprint density at radius 3 is 2.65 bits per heavy atom. The monoisotopic (exact) mass is 249 g/mol. The van der Waals surface area contributed by atoms with Gasteiger partial charge < -0.3 is 10.4 Å². The van der Waals surface area contributed by atoms with Crippen LogP contribution in [0.2, 0.25) is 0 Å². The average Bonchev–Trinajstić information content (AvgIpc) is 2.25.